The van der Waals surface area contributed by atoms with Crippen molar-refractivity contribution in [2.24, 2.45) is 0 Å². The van der Waals surface area contributed by atoms with Crippen LogP contribution in [0.2, 0.25) is 5.28 Å². The number of rotatable bonds is 1. The summed E-state index contributed by atoms with van der Waals surface area (Å²) in [7, 11) is 0. The van der Waals surface area contributed by atoms with E-state index in [0.717, 1.165) is 10.0 Å². The van der Waals surface area contributed by atoms with E-state index in [0.29, 0.717) is 5.89 Å². The van der Waals surface area contributed by atoms with E-state index < -0.39 is 0 Å². The molecule has 0 bridgehead atoms. The molecule has 0 aliphatic carbocycles. The van der Waals surface area contributed by atoms with Gasteiger partial charge in [0, 0.05) is 10.0 Å². The fourth-order valence-corrected chi connectivity index (χ4v) is 1.29. The Morgan fingerprint density at radius 2 is 1.92 bits per heavy atom. The van der Waals surface area contributed by atoms with Gasteiger partial charge in [-0.2, -0.15) is 4.98 Å². The van der Waals surface area contributed by atoms with Gasteiger partial charge >= 0.3 is 0 Å². The molecule has 0 unspecified atom stereocenters. The smallest absolute Gasteiger partial charge is 0.264 e. The lowest BCUT2D eigenvalue weighted by Gasteiger charge is -1.92. The number of aromatic nitrogens is 2. The summed E-state index contributed by atoms with van der Waals surface area (Å²) in [4.78, 5) is 3.88. The van der Waals surface area contributed by atoms with E-state index in [2.05, 4.69) is 26.1 Å². The van der Waals surface area contributed by atoms with Gasteiger partial charge < -0.3 is 4.52 Å². The first-order valence-corrected chi connectivity index (χ1v) is 4.68. The molecule has 2 rings (SSSR count). The minimum atomic E-state index is 0.123. The first-order valence-electron chi connectivity index (χ1n) is 3.51. The number of nitrogens with zero attached hydrogens (tertiary/aromatic N) is 2. The maximum atomic E-state index is 5.52. The van der Waals surface area contributed by atoms with Gasteiger partial charge in [0.1, 0.15) is 0 Å². The SMILES string of the molecule is Clc1noc(-c2ccc(Br)cc2)n1. The summed E-state index contributed by atoms with van der Waals surface area (Å²) < 4.78 is 5.88. The molecule has 0 aliphatic rings. The lowest BCUT2D eigenvalue weighted by Crippen LogP contribution is -1.75. The van der Waals surface area contributed by atoms with Crippen LogP contribution in [0.5, 0.6) is 0 Å². The van der Waals surface area contributed by atoms with Crippen molar-refractivity contribution < 1.29 is 4.52 Å². The van der Waals surface area contributed by atoms with Crippen LogP contribution in [-0.4, -0.2) is 10.1 Å². The molecular weight excluding hydrogens is 255 g/mol. The molecule has 0 aliphatic heterocycles. The van der Waals surface area contributed by atoms with E-state index in [9.17, 15) is 0 Å². The molecule has 0 amide bonds. The molecule has 1 heterocycles. The molecule has 0 spiro atoms. The number of hydrogen-bond donors (Lipinski definition) is 0. The van der Waals surface area contributed by atoms with Crippen LogP contribution in [0.15, 0.2) is 33.3 Å². The second kappa shape index (κ2) is 3.47. The summed E-state index contributed by atoms with van der Waals surface area (Å²) in [6, 6.07) is 7.53. The molecule has 66 valence electrons. The molecule has 5 heteroatoms. The molecular formula is C8H4BrClN2O. The van der Waals surface area contributed by atoms with Crippen molar-refractivity contribution in [2.75, 3.05) is 0 Å². The van der Waals surface area contributed by atoms with Crippen LogP contribution in [-0.2, 0) is 0 Å². The third-order valence-corrected chi connectivity index (χ3v) is 2.17. The van der Waals surface area contributed by atoms with Crippen molar-refractivity contribution >= 4 is 27.5 Å². The Hall–Kier alpha value is -0.870. The van der Waals surface area contributed by atoms with Gasteiger partial charge in [-0.1, -0.05) is 15.9 Å². The Morgan fingerprint density at radius 1 is 1.23 bits per heavy atom. The van der Waals surface area contributed by atoms with Gasteiger partial charge in [0.2, 0.25) is 0 Å². The highest BCUT2D eigenvalue weighted by molar-refractivity contribution is 9.10. The lowest BCUT2D eigenvalue weighted by atomic mass is 10.2. The zero-order chi connectivity index (χ0) is 9.26. The van der Waals surface area contributed by atoms with E-state index >= 15 is 0 Å². The predicted octanol–water partition coefficient (Wildman–Crippen LogP) is 3.15. The monoisotopic (exact) mass is 258 g/mol. The average molecular weight is 259 g/mol. The fraction of sp³-hybridized carbons (Fsp3) is 0. The Bertz CT molecular complexity index is 412. The summed E-state index contributed by atoms with van der Waals surface area (Å²) in [5.74, 6) is 0.428. The van der Waals surface area contributed by atoms with E-state index in [4.69, 9.17) is 16.1 Å². The van der Waals surface area contributed by atoms with Gasteiger partial charge in [-0.25, -0.2) is 0 Å². The largest absolute Gasteiger partial charge is 0.333 e. The molecule has 0 atom stereocenters. The van der Waals surface area contributed by atoms with Crippen LogP contribution in [0.3, 0.4) is 0 Å². The molecule has 0 N–H and O–H groups in total. The molecule has 0 saturated carbocycles. The van der Waals surface area contributed by atoms with Crippen LogP contribution in [0, 0.1) is 0 Å². The molecule has 0 saturated heterocycles. The van der Waals surface area contributed by atoms with E-state index in [1.165, 1.54) is 0 Å². The molecule has 1 aromatic heterocycles. The number of hydrogen-bond acceptors (Lipinski definition) is 3. The van der Waals surface area contributed by atoms with Gasteiger partial charge in [0.05, 0.1) is 0 Å². The van der Waals surface area contributed by atoms with Gasteiger partial charge in [-0.05, 0) is 41.0 Å². The zero-order valence-corrected chi connectivity index (χ0v) is 8.71. The molecule has 0 fully saturated rings. The summed E-state index contributed by atoms with van der Waals surface area (Å²) >= 11 is 8.85. The van der Waals surface area contributed by atoms with Crippen LogP contribution < -0.4 is 0 Å². The summed E-state index contributed by atoms with van der Waals surface area (Å²) in [5, 5.41) is 3.61. The topological polar surface area (TPSA) is 38.9 Å². The highest BCUT2D eigenvalue weighted by Crippen LogP contribution is 2.20. The maximum absolute atomic E-state index is 5.52. The molecule has 1 aromatic carbocycles. The lowest BCUT2D eigenvalue weighted by molar-refractivity contribution is 0.430. The highest BCUT2D eigenvalue weighted by atomic mass is 79.9. The highest BCUT2D eigenvalue weighted by Gasteiger charge is 2.05. The third kappa shape index (κ3) is 1.89. The van der Waals surface area contributed by atoms with Crippen molar-refractivity contribution in [2.45, 2.75) is 0 Å². The standard InChI is InChI=1S/C8H4BrClN2O/c9-6-3-1-5(2-4-6)7-11-8(10)12-13-7/h1-4H. The minimum Gasteiger partial charge on any atom is -0.333 e. The van der Waals surface area contributed by atoms with Crippen molar-refractivity contribution in [1.82, 2.24) is 10.1 Å². The van der Waals surface area contributed by atoms with Gasteiger partial charge in [-0.3, -0.25) is 0 Å². The first kappa shape index (κ1) is 8.72. The van der Waals surface area contributed by atoms with Gasteiger partial charge in [0.15, 0.2) is 0 Å². The van der Waals surface area contributed by atoms with Crippen LogP contribution in [0.25, 0.3) is 11.5 Å². The summed E-state index contributed by atoms with van der Waals surface area (Å²) in [6.07, 6.45) is 0. The first-order chi connectivity index (χ1) is 6.25. The van der Waals surface area contributed by atoms with E-state index in [1.807, 2.05) is 24.3 Å². The molecule has 13 heavy (non-hydrogen) atoms. The molecule has 2 aromatic rings. The predicted molar refractivity (Wildman–Crippen MR) is 52.4 cm³/mol. The second-order valence-electron chi connectivity index (χ2n) is 2.38. The van der Waals surface area contributed by atoms with Crippen molar-refractivity contribution in [3.63, 3.8) is 0 Å². The Labute approximate surface area is 87.8 Å². The van der Waals surface area contributed by atoms with Crippen LogP contribution in [0.4, 0.5) is 0 Å². The van der Waals surface area contributed by atoms with Crippen molar-refractivity contribution in [3.8, 4) is 11.5 Å². The average Bonchev–Trinajstić information content (AvgIpc) is 2.53. The third-order valence-electron chi connectivity index (χ3n) is 1.49. The van der Waals surface area contributed by atoms with Crippen LogP contribution in [0.1, 0.15) is 0 Å². The maximum Gasteiger partial charge on any atom is 0.264 e. The summed E-state index contributed by atoms with van der Waals surface area (Å²) in [5.41, 5.74) is 0.850. The van der Waals surface area contributed by atoms with Gasteiger partial charge in [-0.15, -0.1) is 0 Å². The fourth-order valence-electron chi connectivity index (χ4n) is 0.915. The van der Waals surface area contributed by atoms with Crippen molar-refractivity contribution in [1.29, 1.82) is 0 Å². The second-order valence-corrected chi connectivity index (χ2v) is 3.63. The molecule has 3 nitrogen and oxygen atoms in total. The van der Waals surface area contributed by atoms with Gasteiger partial charge in [0.25, 0.3) is 11.2 Å². The Kier molecular flexibility index (Phi) is 2.33. The van der Waals surface area contributed by atoms with Crippen LogP contribution >= 0.6 is 27.5 Å². The minimum absolute atomic E-state index is 0.123. The quantitative estimate of drug-likeness (QED) is 0.790. The van der Waals surface area contributed by atoms with E-state index in [1.54, 1.807) is 0 Å². The number of halogens is 2. The normalized spacial score (nSPS) is 10.3. The zero-order valence-electron chi connectivity index (χ0n) is 6.37. The summed E-state index contributed by atoms with van der Waals surface area (Å²) in [6.45, 7) is 0. The Morgan fingerprint density at radius 3 is 2.46 bits per heavy atom. The van der Waals surface area contributed by atoms with Crippen molar-refractivity contribution in [3.05, 3.63) is 34.0 Å². The Balaban J connectivity index is 2.41. The molecule has 0 radical (unpaired) electrons. The number of benzene rings is 1. The van der Waals surface area contributed by atoms with E-state index in [-0.39, 0.29) is 5.28 Å².